The maximum absolute atomic E-state index is 11.8. The van der Waals surface area contributed by atoms with Crippen LogP contribution in [0.5, 0.6) is 5.88 Å². The van der Waals surface area contributed by atoms with Gasteiger partial charge in [-0.25, -0.2) is 4.98 Å². The quantitative estimate of drug-likeness (QED) is 0.773. The van der Waals surface area contributed by atoms with Gasteiger partial charge in [0.05, 0.1) is 24.1 Å². The van der Waals surface area contributed by atoms with Crippen molar-refractivity contribution in [2.24, 2.45) is 0 Å². The maximum Gasteiger partial charge on any atom is 0.574 e. The number of pyridine rings is 1. The van der Waals surface area contributed by atoms with Gasteiger partial charge in [-0.1, -0.05) is 0 Å². The van der Waals surface area contributed by atoms with E-state index in [0.717, 1.165) is 12.3 Å². The van der Waals surface area contributed by atoms with Crippen molar-refractivity contribution in [2.45, 2.75) is 12.8 Å². The van der Waals surface area contributed by atoms with E-state index in [1.807, 2.05) is 0 Å². The van der Waals surface area contributed by atoms with Crippen molar-refractivity contribution in [3.05, 3.63) is 23.4 Å². The summed E-state index contributed by atoms with van der Waals surface area (Å²) in [5.41, 5.74) is 0.204. The molecule has 0 spiro atoms. The molecular weight excluding hydrogens is 223 g/mol. The molecule has 1 rings (SSSR count). The summed E-state index contributed by atoms with van der Waals surface area (Å²) in [4.78, 5) is 3.35. The Morgan fingerprint density at radius 3 is 2.56 bits per heavy atom. The molecular formula is C9H4F3N3O. The van der Waals surface area contributed by atoms with Gasteiger partial charge in [0.2, 0.25) is 5.88 Å². The van der Waals surface area contributed by atoms with Crippen molar-refractivity contribution in [3.8, 4) is 18.0 Å². The molecule has 0 radical (unpaired) electrons. The molecule has 1 aromatic rings. The number of nitrogens with zero attached hydrogens (tertiary/aromatic N) is 3. The molecule has 0 bridgehead atoms. The summed E-state index contributed by atoms with van der Waals surface area (Å²) in [7, 11) is 0. The lowest BCUT2D eigenvalue weighted by Crippen LogP contribution is -2.18. The van der Waals surface area contributed by atoms with Gasteiger partial charge in [0.15, 0.2) is 0 Å². The summed E-state index contributed by atoms with van der Waals surface area (Å²) < 4.78 is 39.0. The molecule has 0 amide bonds. The highest BCUT2D eigenvalue weighted by Crippen LogP contribution is 2.22. The predicted octanol–water partition coefficient (Wildman–Crippen LogP) is 1.92. The molecule has 0 unspecified atom stereocenters. The second kappa shape index (κ2) is 4.49. The lowest BCUT2D eigenvalue weighted by Gasteiger charge is -2.08. The van der Waals surface area contributed by atoms with Gasteiger partial charge < -0.3 is 4.74 Å². The van der Waals surface area contributed by atoms with Crippen LogP contribution in [0.3, 0.4) is 0 Å². The van der Waals surface area contributed by atoms with Gasteiger partial charge in [0.25, 0.3) is 0 Å². The zero-order valence-corrected chi connectivity index (χ0v) is 7.75. The largest absolute Gasteiger partial charge is 0.574 e. The molecule has 0 aliphatic heterocycles. The average molecular weight is 227 g/mol. The number of nitriles is 2. The predicted molar refractivity (Wildman–Crippen MR) is 45.0 cm³/mol. The molecule has 1 heterocycles. The number of ether oxygens (including phenoxy) is 1. The van der Waals surface area contributed by atoms with Crippen LogP contribution in [0.4, 0.5) is 13.2 Å². The van der Waals surface area contributed by atoms with E-state index in [9.17, 15) is 13.2 Å². The summed E-state index contributed by atoms with van der Waals surface area (Å²) in [6, 6.07) is 4.29. The monoisotopic (exact) mass is 227 g/mol. The van der Waals surface area contributed by atoms with Crippen molar-refractivity contribution in [1.29, 1.82) is 10.5 Å². The van der Waals surface area contributed by atoms with E-state index >= 15 is 0 Å². The van der Waals surface area contributed by atoms with Gasteiger partial charge in [-0.15, -0.1) is 13.2 Å². The zero-order valence-electron chi connectivity index (χ0n) is 7.75. The van der Waals surface area contributed by atoms with Gasteiger partial charge >= 0.3 is 6.36 Å². The van der Waals surface area contributed by atoms with E-state index in [2.05, 4.69) is 9.72 Å². The van der Waals surface area contributed by atoms with Crippen molar-refractivity contribution >= 4 is 0 Å². The van der Waals surface area contributed by atoms with Gasteiger partial charge in [0, 0.05) is 17.8 Å². The normalized spacial score (nSPS) is 10.3. The number of hydrogen-bond donors (Lipinski definition) is 0. The van der Waals surface area contributed by atoms with E-state index in [1.165, 1.54) is 0 Å². The van der Waals surface area contributed by atoms with Gasteiger partial charge in [0.1, 0.15) is 0 Å². The van der Waals surface area contributed by atoms with E-state index in [4.69, 9.17) is 10.5 Å². The minimum absolute atomic E-state index is 0.0594. The lowest BCUT2D eigenvalue weighted by atomic mass is 10.1. The molecule has 0 aliphatic carbocycles. The minimum Gasteiger partial charge on any atom is -0.388 e. The maximum atomic E-state index is 11.8. The van der Waals surface area contributed by atoms with Crippen LogP contribution in [0.1, 0.15) is 11.1 Å². The number of halogens is 3. The van der Waals surface area contributed by atoms with Crippen LogP contribution in [0.25, 0.3) is 0 Å². The molecule has 16 heavy (non-hydrogen) atoms. The second-order valence-electron chi connectivity index (χ2n) is 2.67. The standard InChI is InChI=1S/C9H4F3N3O/c10-9(11,12)16-8-3-7(4-14)6(1-2-13)5-15-8/h3,5H,1H2. The Bertz CT molecular complexity index is 470. The first kappa shape index (κ1) is 11.8. The number of hydrogen-bond acceptors (Lipinski definition) is 4. The first-order valence-corrected chi connectivity index (χ1v) is 3.98. The Morgan fingerprint density at radius 2 is 2.06 bits per heavy atom. The number of alkyl halides is 3. The second-order valence-corrected chi connectivity index (χ2v) is 2.67. The van der Waals surface area contributed by atoms with Crippen molar-refractivity contribution < 1.29 is 17.9 Å². The fraction of sp³-hybridized carbons (Fsp3) is 0.222. The highest BCUT2D eigenvalue weighted by atomic mass is 19.4. The Hall–Kier alpha value is -2.28. The summed E-state index contributed by atoms with van der Waals surface area (Å²) in [6.45, 7) is 0. The fourth-order valence-corrected chi connectivity index (χ4v) is 0.969. The SMILES string of the molecule is N#CCc1cnc(OC(F)(F)F)cc1C#N. The summed E-state index contributed by atoms with van der Waals surface area (Å²) in [5.74, 6) is -0.717. The van der Waals surface area contributed by atoms with Gasteiger partial charge in [-0.05, 0) is 0 Å². The molecule has 0 aliphatic rings. The zero-order chi connectivity index (χ0) is 12.2. The van der Waals surface area contributed by atoms with Crippen molar-refractivity contribution in [2.75, 3.05) is 0 Å². The Morgan fingerprint density at radius 1 is 1.38 bits per heavy atom. The third-order valence-electron chi connectivity index (χ3n) is 1.57. The van der Waals surface area contributed by atoms with Crippen LogP contribution in [-0.4, -0.2) is 11.3 Å². The van der Waals surface area contributed by atoms with E-state index < -0.39 is 12.2 Å². The highest BCUT2D eigenvalue weighted by Gasteiger charge is 2.32. The lowest BCUT2D eigenvalue weighted by molar-refractivity contribution is -0.276. The average Bonchev–Trinajstić information content (AvgIpc) is 2.18. The number of rotatable bonds is 2. The number of aromatic nitrogens is 1. The third kappa shape index (κ3) is 3.14. The highest BCUT2D eigenvalue weighted by molar-refractivity contribution is 5.40. The smallest absolute Gasteiger partial charge is 0.388 e. The van der Waals surface area contributed by atoms with Crippen molar-refractivity contribution in [1.82, 2.24) is 4.98 Å². The summed E-state index contributed by atoms with van der Waals surface area (Å²) in [5, 5.41) is 17.0. The van der Waals surface area contributed by atoms with Crippen LogP contribution < -0.4 is 4.74 Å². The van der Waals surface area contributed by atoms with Crippen LogP contribution in [0.2, 0.25) is 0 Å². The molecule has 0 saturated carbocycles. The molecule has 0 N–H and O–H groups in total. The van der Waals surface area contributed by atoms with E-state index in [0.29, 0.717) is 0 Å². The van der Waals surface area contributed by atoms with Crippen LogP contribution in [0.15, 0.2) is 12.3 Å². The minimum atomic E-state index is -4.85. The Kier molecular flexibility index (Phi) is 3.31. The first-order valence-electron chi connectivity index (χ1n) is 3.98. The molecule has 7 heteroatoms. The van der Waals surface area contributed by atoms with Gasteiger partial charge in [-0.2, -0.15) is 10.5 Å². The molecule has 0 saturated heterocycles. The topological polar surface area (TPSA) is 69.7 Å². The molecule has 0 aromatic carbocycles. The van der Waals surface area contributed by atoms with Gasteiger partial charge in [-0.3, -0.25) is 0 Å². The Labute approximate surface area is 88.5 Å². The van der Waals surface area contributed by atoms with Crippen LogP contribution in [0, 0.1) is 22.7 Å². The third-order valence-corrected chi connectivity index (χ3v) is 1.57. The fourth-order valence-electron chi connectivity index (χ4n) is 0.969. The van der Waals surface area contributed by atoms with Crippen LogP contribution >= 0.6 is 0 Å². The van der Waals surface area contributed by atoms with Crippen molar-refractivity contribution in [3.63, 3.8) is 0 Å². The summed E-state index contributed by atoms with van der Waals surface area (Å²) >= 11 is 0. The molecule has 4 nitrogen and oxygen atoms in total. The molecule has 0 fully saturated rings. The Balaban J connectivity index is 3.02. The van der Waals surface area contributed by atoms with Crippen LogP contribution in [-0.2, 0) is 6.42 Å². The summed E-state index contributed by atoms with van der Waals surface area (Å²) in [6.07, 6.45) is -3.93. The molecule has 0 atom stereocenters. The van der Waals surface area contributed by atoms with E-state index in [1.54, 1.807) is 12.1 Å². The first-order chi connectivity index (χ1) is 7.46. The van der Waals surface area contributed by atoms with E-state index in [-0.39, 0.29) is 17.5 Å². The molecule has 1 aromatic heterocycles. The molecule has 82 valence electrons.